The van der Waals surface area contributed by atoms with E-state index in [1.165, 1.54) is 15.8 Å². The molecule has 76 valence electrons. The van der Waals surface area contributed by atoms with Gasteiger partial charge >= 0.3 is 0 Å². The van der Waals surface area contributed by atoms with Crippen molar-refractivity contribution >= 4 is 28.6 Å². The normalized spacial score (nSPS) is 15.8. The van der Waals surface area contributed by atoms with E-state index in [1.54, 1.807) is 11.8 Å². The van der Waals surface area contributed by atoms with Crippen LogP contribution in [0, 0.1) is 0 Å². The lowest BCUT2D eigenvalue weighted by molar-refractivity contribution is 1.21. The van der Waals surface area contributed by atoms with E-state index >= 15 is 0 Å². The van der Waals surface area contributed by atoms with Crippen molar-refractivity contribution in [1.82, 2.24) is 4.98 Å². The molecule has 0 saturated carbocycles. The lowest BCUT2D eigenvalue weighted by Crippen LogP contribution is -2.16. The van der Waals surface area contributed by atoms with E-state index in [0.717, 1.165) is 22.0 Å². The lowest BCUT2D eigenvalue weighted by Gasteiger charge is -2.02. The van der Waals surface area contributed by atoms with Crippen LogP contribution in [-0.4, -0.2) is 10.9 Å². The summed E-state index contributed by atoms with van der Waals surface area (Å²) in [5.41, 5.74) is 1.21. The number of benzene rings is 1. The number of pyridine rings is 1. The summed E-state index contributed by atoms with van der Waals surface area (Å²) in [6, 6.07) is 2.03. The van der Waals surface area contributed by atoms with Crippen LogP contribution in [0.5, 0.6) is 0 Å². The van der Waals surface area contributed by atoms with Crippen LogP contribution in [0.4, 0.5) is 0 Å². The molecule has 2 aliphatic rings. The zero-order valence-electron chi connectivity index (χ0n) is 8.34. The fourth-order valence-electron chi connectivity index (χ4n) is 2.24. The third-order valence-electron chi connectivity index (χ3n) is 2.92. The van der Waals surface area contributed by atoms with Gasteiger partial charge in [0.1, 0.15) is 0 Å². The molecule has 2 aliphatic heterocycles. The third-order valence-corrected chi connectivity index (χ3v) is 3.88. The topological polar surface area (TPSA) is 37.6 Å². The molecule has 4 heteroatoms. The van der Waals surface area contributed by atoms with Gasteiger partial charge in [0, 0.05) is 39.8 Å². The van der Waals surface area contributed by atoms with Crippen molar-refractivity contribution in [2.75, 3.05) is 5.88 Å². The molecule has 1 aromatic heterocycles. The molecule has 0 amide bonds. The van der Waals surface area contributed by atoms with Crippen LogP contribution in [0.25, 0.3) is 16.8 Å². The molecule has 4 rings (SSSR count). The standard InChI is InChI=1S/C12H7N3S/c1-3-13-5-9-7(1)11-12(16-6-15-11)8-2-4-14-10(8)9/h1-5H,6H2. The van der Waals surface area contributed by atoms with Gasteiger partial charge in [-0.25, -0.2) is 0 Å². The molecule has 0 spiro atoms. The Labute approximate surface area is 95.6 Å². The molecular formula is C12H7N3S. The van der Waals surface area contributed by atoms with Crippen molar-refractivity contribution in [2.45, 2.75) is 4.90 Å². The van der Waals surface area contributed by atoms with Crippen LogP contribution in [0.1, 0.15) is 5.56 Å². The van der Waals surface area contributed by atoms with Gasteiger partial charge < -0.3 is 0 Å². The van der Waals surface area contributed by atoms with E-state index in [4.69, 9.17) is 0 Å². The van der Waals surface area contributed by atoms with Crippen molar-refractivity contribution in [3.8, 4) is 0 Å². The van der Waals surface area contributed by atoms with Crippen molar-refractivity contribution < 1.29 is 0 Å². The zero-order chi connectivity index (χ0) is 10.5. The summed E-state index contributed by atoms with van der Waals surface area (Å²) in [5.74, 6) is 0.817. The summed E-state index contributed by atoms with van der Waals surface area (Å²) in [5, 5.41) is 4.43. The minimum atomic E-state index is 0.817. The number of fused-ring (bicyclic) bond motifs is 6. The average Bonchev–Trinajstić information content (AvgIpc) is 2.98. The van der Waals surface area contributed by atoms with Gasteiger partial charge in [-0.05, 0) is 12.1 Å². The van der Waals surface area contributed by atoms with Gasteiger partial charge in [-0.15, -0.1) is 0 Å². The molecule has 0 unspecified atom stereocenters. The molecular weight excluding hydrogens is 218 g/mol. The van der Waals surface area contributed by atoms with E-state index in [0.29, 0.717) is 0 Å². The van der Waals surface area contributed by atoms with Gasteiger partial charge in [0.15, 0.2) is 0 Å². The zero-order valence-corrected chi connectivity index (χ0v) is 9.16. The Morgan fingerprint density at radius 1 is 1.19 bits per heavy atom. The first-order valence-corrected chi connectivity index (χ1v) is 6.05. The quantitative estimate of drug-likeness (QED) is 0.681. The fourth-order valence-corrected chi connectivity index (χ4v) is 3.19. The fraction of sp³-hybridized carbons (Fsp3) is 0.0833. The Balaban J connectivity index is 2.40. The molecule has 0 saturated heterocycles. The van der Waals surface area contributed by atoms with E-state index in [9.17, 15) is 0 Å². The van der Waals surface area contributed by atoms with Crippen LogP contribution < -0.4 is 10.7 Å². The Hall–Kier alpha value is -1.68. The number of aromatic nitrogens is 1. The van der Waals surface area contributed by atoms with E-state index in [-0.39, 0.29) is 0 Å². The average molecular weight is 225 g/mol. The highest BCUT2D eigenvalue weighted by molar-refractivity contribution is 7.99. The number of nitrogens with zero attached hydrogens (tertiary/aromatic N) is 3. The number of thioether (sulfide) groups is 1. The molecule has 0 aliphatic carbocycles. The largest absolute Gasteiger partial charge is 0.272 e. The lowest BCUT2D eigenvalue weighted by atomic mass is 10.1. The molecule has 1 aromatic carbocycles. The monoisotopic (exact) mass is 225 g/mol. The highest BCUT2D eigenvalue weighted by atomic mass is 32.2. The van der Waals surface area contributed by atoms with Crippen LogP contribution in [-0.2, 0) is 0 Å². The van der Waals surface area contributed by atoms with Gasteiger partial charge in [0.2, 0.25) is 0 Å². The molecule has 0 fully saturated rings. The molecule has 3 heterocycles. The minimum absolute atomic E-state index is 0.817. The Morgan fingerprint density at radius 2 is 2.19 bits per heavy atom. The maximum Gasteiger partial charge on any atom is 0.0899 e. The van der Waals surface area contributed by atoms with E-state index < -0.39 is 0 Å². The van der Waals surface area contributed by atoms with Crippen LogP contribution in [0.3, 0.4) is 0 Å². The molecule has 0 N–H and O–H groups in total. The number of rotatable bonds is 0. The second kappa shape index (κ2) is 2.92. The summed E-state index contributed by atoms with van der Waals surface area (Å²) in [6.45, 7) is 0. The first-order valence-electron chi connectivity index (χ1n) is 5.06. The van der Waals surface area contributed by atoms with Gasteiger partial charge in [0.05, 0.1) is 16.6 Å². The maximum absolute atomic E-state index is 4.56. The van der Waals surface area contributed by atoms with Crippen molar-refractivity contribution in [3.05, 3.63) is 40.9 Å². The van der Waals surface area contributed by atoms with Gasteiger partial charge in [-0.2, -0.15) is 0 Å². The SMILES string of the molecule is C1=Cc2c3c(c4ccncc4c2=N1)=NCS3. The number of hydrogen-bond donors (Lipinski definition) is 0. The highest BCUT2D eigenvalue weighted by Crippen LogP contribution is 2.26. The van der Waals surface area contributed by atoms with Crippen LogP contribution >= 0.6 is 11.8 Å². The molecule has 2 aromatic rings. The highest BCUT2D eigenvalue weighted by Gasteiger charge is 2.17. The minimum Gasteiger partial charge on any atom is -0.272 e. The van der Waals surface area contributed by atoms with Gasteiger partial charge in [0.25, 0.3) is 0 Å². The first-order chi connectivity index (χ1) is 7.95. The second-order valence-electron chi connectivity index (χ2n) is 3.74. The molecule has 0 atom stereocenters. The molecule has 16 heavy (non-hydrogen) atoms. The molecule has 3 nitrogen and oxygen atoms in total. The maximum atomic E-state index is 4.56. The predicted octanol–water partition coefficient (Wildman–Crippen LogP) is 1.52. The van der Waals surface area contributed by atoms with Crippen molar-refractivity contribution in [1.29, 1.82) is 0 Å². The summed E-state index contributed by atoms with van der Waals surface area (Å²) < 4.78 is 0. The Kier molecular flexibility index (Phi) is 1.54. The first kappa shape index (κ1) is 8.47. The predicted molar refractivity (Wildman–Crippen MR) is 63.8 cm³/mol. The number of hydrogen-bond acceptors (Lipinski definition) is 4. The van der Waals surface area contributed by atoms with Crippen molar-refractivity contribution in [3.63, 3.8) is 0 Å². The smallest absolute Gasteiger partial charge is 0.0899 e. The van der Waals surface area contributed by atoms with Gasteiger partial charge in [-0.3, -0.25) is 15.0 Å². The molecule has 0 bridgehead atoms. The van der Waals surface area contributed by atoms with Crippen LogP contribution in [0.15, 0.2) is 39.5 Å². The Morgan fingerprint density at radius 3 is 3.19 bits per heavy atom. The van der Waals surface area contributed by atoms with Crippen LogP contribution in [0.2, 0.25) is 0 Å². The van der Waals surface area contributed by atoms with Gasteiger partial charge in [-0.1, -0.05) is 11.8 Å². The van der Waals surface area contributed by atoms with E-state index in [1.807, 2.05) is 24.7 Å². The summed E-state index contributed by atoms with van der Waals surface area (Å²) in [4.78, 5) is 14.4. The Bertz CT molecular complexity index is 747. The molecule has 0 radical (unpaired) electrons. The summed E-state index contributed by atoms with van der Waals surface area (Å²) >= 11 is 1.79. The van der Waals surface area contributed by atoms with E-state index in [2.05, 4.69) is 21.0 Å². The summed E-state index contributed by atoms with van der Waals surface area (Å²) in [7, 11) is 0. The van der Waals surface area contributed by atoms with Crippen molar-refractivity contribution in [2.24, 2.45) is 9.98 Å². The second-order valence-corrected chi connectivity index (χ2v) is 4.69. The summed E-state index contributed by atoms with van der Waals surface area (Å²) in [6.07, 6.45) is 7.62. The third kappa shape index (κ3) is 0.925.